The van der Waals surface area contributed by atoms with Crippen LogP contribution in [-0.4, -0.2) is 47.1 Å². The lowest BCUT2D eigenvalue weighted by atomic mass is 10.2. The average Bonchev–Trinajstić information content (AvgIpc) is 2.67. The second kappa shape index (κ2) is 7.42. The molecular formula is C17H18N6O. The van der Waals surface area contributed by atoms with Crippen molar-refractivity contribution < 1.29 is 4.79 Å². The van der Waals surface area contributed by atoms with Crippen molar-refractivity contribution in [3.63, 3.8) is 0 Å². The Kier molecular flexibility index (Phi) is 4.87. The van der Waals surface area contributed by atoms with E-state index < -0.39 is 0 Å². The quantitative estimate of drug-likeness (QED) is 0.923. The summed E-state index contributed by atoms with van der Waals surface area (Å²) in [7, 11) is 0. The van der Waals surface area contributed by atoms with Crippen LogP contribution in [0.4, 0.5) is 10.6 Å². The van der Waals surface area contributed by atoms with Gasteiger partial charge in [-0.15, -0.1) is 0 Å². The molecule has 3 rings (SSSR count). The van der Waals surface area contributed by atoms with Crippen LogP contribution in [0.1, 0.15) is 11.3 Å². The molecule has 0 unspecified atom stereocenters. The highest BCUT2D eigenvalue weighted by Crippen LogP contribution is 2.14. The Balaban J connectivity index is 1.51. The predicted molar refractivity (Wildman–Crippen MR) is 89.2 cm³/mol. The minimum absolute atomic E-state index is 0.0842. The topological polar surface area (TPSA) is 85.2 Å². The van der Waals surface area contributed by atoms with E-state index in [4.69, 9.17) is 5.26 Å². The highest BCUT2D eigenvalue weighted by Gasteiger charge is 2.21. The lowest BCUT2D eigenvalue weighted by Crippen LogP contribution is -2.52. The third kappa shape index (κ3) is 3.79. The fraction of sp³-hybridized carbons (Fsp3) is 0.294. The summed E-state index contributed by atoms with van der Waals surface area (Å²) in [6, 6.07) is 11.1. The number of carbonyl (C=O) groups is 1. The van der Waals surface area contributed by atoms with Gasteiger partial charge >= 0.3 is 6.03 Å². The van der Waals surface area contributed by atoms with Crippen molar-refractivity contribution in [3.8, 4) is 6.07 Å². The largest absolute Gasteiger partial charge is 0.353 e. The maximum atomic E-state index is 12.2. The van der Waals surface area contributed by atoms with Gasteiger partial charge in [-0.2, -0.15) is 5.26 Å². The van der Waals surface area contributed by atoms with Gasteiger partial charge in [0, 0.05) is 38.6 Å². The Morgan fingerprint density at radius 1 is 1.17 bits per heavy atom. The number of hydrogen-bond donors (Lipinski definition) is 1. The third-order valence-electron chi connectivity index (χ3n) is 3.91. The van der Waals surface area contributed by atoms with Crippen LogP contribution in [0.2, 0.25) is 0 Å². The van der Waals surface area contributed by atoms with Crippen molar-refractivity contribution in [1.82, 2.24) is 20.2 Å². The van der Waals surface area contributed by atoms with Gasteiger partial charge in [-0.3, -0.25) is 4.98 Å². The molecule has 2 amide bonds. The van der Waals surface area contributed by atoms with E-state index >= 15 is 0 Å². The van der Waals surface area contributed by atoms with E-state index in [-0.39, 0.29) is 6.03 Å². The van der Waals surface area contributed by atoms with Crippen LogP contribution in [0.15, 0.2) is 42.7 Å². The minimum Gasteiger partial charge on any atom is -0.353 e. The molecule has 1 N–H and O–H groups in total. The third-order valence-corrected chi connectivity index (χ3v) is 3.91. The Hall–Kier alpha value is -3.14. The number of aromatic nitrogens is 2. The number of nitrogens with zero attached hydrogens (tertiary/aromatic N) is 5. The number of piperazine rings is 1. The molecule has 1 fully saturated rings. The van der Waals surface area contributed by atoms with Crippen LogP contribution in [0.5, 0.6) is 0 Å². The van der Waals surface area contributed by atoms with E-state index in [9.17, 15) is 4.79 Å². The highest BCUT2D eigenvalue weighted by molar-refractivity contribution is 5.74. The van der Waals surface area contributed by atoms with Crippen LogP contribution in [0, 0.1) is 11.3 Å². The van der Waals surface area contributed by atoms with Crippen LogP contribution in [-0.2, 0) is 6.54 Å². The molecule has 2 aromatic rings. The van der Waals surface area contributed by atoms with Gasteiger partial charge in [0.05, 0.1) is 23.9 Å². The van der Waals surface area contributed by atoms with Gasteiger partial charge in [-0.1, -0.05) is 6.07 Å². The molecule has 1 aliphatic heterocycles. The number of anilines is 1. The number of nitrogens with one attached hydrogen (secondary N) is 1. The first-order valence-electron chi connectivity index (χ1n) is 7.80. The summed E-state index contributed by atoms with van der Waals surface area (Å²) in [5.74, 6) is 0.780. The molecule has 0 spiro atoms. The van der Waals surface area contributed by atoms with Gasteiger partial charge < -0.3 is 15.1 Å². The number of hydrogen-bond acceptors (Lipinski definition) is 5. The van der Waals surface area contributed by atoms with Crippen LogP contribution >= 0.6 is 0 Å². The molecule has 0 aromatic carbocycles. The van der Waals surface area contributed by atoms with Gasteiger partial charge in [-0.25, -0.2) is 9.78 Å². The average molecular weight is 322 g/mol. The molecule has 7 heteroatoms. The first-order valence-corrected chi connectivity index (χ1v) is 7.80. The smallest absolute Gasteiger partial charge is 0.317 e. The SMILES string of the molecule is N#Cc1ccnc(N2CCN(C(=O)NCc3ccccn3)CC2)c1. The number of rotatable bonds is 3. The molecule has 0 aliphatic carbocycles. The fourth-order valence-corrected chi connectivity index (χ4v) is 2.58. The summed E-state index contributed by atoms with van der Waals surface area (Å²) in [4.78, 5) is 24.6. The van der Waals surface area contributed by atoms with Gasteiger partial charge in [-0.05, 0) is 24.3 Å². The molecule has 1 saturated heterocycles. The summed E-state index contributed by atoms with van der Waals surface area (Å²) in [6.45, 7) is 3.04. The van der Waals surface area contributed by atoms with Crippen molar-refractivity contribution >= 4 is 11.8 Å². The van der Waals surface area contributed by atoms with Crippen molar-refractivity contribution in [2.75, 3.05) is 31.1 Å². The van der Waals surface area contributed by atoms with E-state index in [0.717, 1.165) is 11.5 Å². The number of pyridine rings is 2. The Morgan fingerprint density at radius 2 is 2.00 bits per heavy atom. The molecule has 0 saturated carbocycles. The number of amides is 2. The lowest BCUT2D eigenvalue weighted by molar-refractivity contribution is 0.193. The second-order valence-corrected chi connectivity index (χ2v) is 5.47. The summed E-state index contributed by atoms with van der Waals surface area (Å²) in [6.07, 6.45) is 3.35. The first-order chi connectivity index (χ1) is 11.8. The van der Waals surface area contributed by atoms with Gasteiger partial charge in [0.2, 0.25) is 0 Å². The summed E-state index contributed by atoms with van der Waals surface area (Å²) in [5, 5.41) is 11.9. The molecule has 0 bridgehead atoms. The standard InChI is InChI=1S/C17H18N6O/c18-12-14-4-6-20-16(11-14)22-7-9-23(10-8-22)17(24)21-13-15-3-1-2-5-19-15/h1-6,11H,7-10,13H2,(H,21,24). The second-order valence-electron chi connectivity index (χ2n) is 5.47. The summed E-state index contributed by atoms with van der Waals surface area (Å²) in [5.41, 5.74) is 1.43. The number of urea groups is 1. The Morgan fingerprint density at radius 3 is 2.71 bits per heavy atom. The van der Waals surface area contributed by atoms with E-state index in [0.29, 0.717) is 38.3 Å². The maximum Gasteiger partial charge on any atom is 0.317 e. The normalized spacial score (nSPS) is 14.1. The van der Waals surface area contributed by atoms with Crippen molar-refractivity contribution in [2.24, 2.45) is 0 Å². The van der Waals surface area contributed by atoms with E-state index in [1.54, 1.807) is 29.4 Å². The van der Waals surface area contributed by atoms with E-state index in [2.05, 4.69) is 26.3 Å². The van der Waals surface area contributed by atoms with Crippen molar-refractivity contribution in [3.05, 3.63) is 54.0 Å². The summed E-state index contributed by atoms with van der Waals surface area (Å²) < 4.78 is 0. The molecule has 7 nitrogen and oxygen atoms in total. The molecule has 0 atom stereocenters. The van der Waals surface area contributed by atoms with Crippen LogP contribution < -0.4 is 10.2 Å². The Bertz CT molecular complexity index is 734. The maximum absolute atomic E-state index is 12.2. The van der Waals surface area contributed by atoms with Gasteiger partial charge in [0.1, 0.15) is 5.82 Å². The minimum atomic E-state index is -0.0842. The highest BCUT2D eigenvalue weighted by atomic mass is 16.2. The molecule has 122 valence electrons. The Labute approximate surface area is 140 Å². The zero-order valence-corrected chi connectivity index (χ0v) is 13.2. The van der Waals surface area contributed by atoms with E-state index in [1.807, 2.05) is 18.2 Å². The zero-order valence-electron chi connectivity index (χ0n) is 13.2. The van der Waals surface area contributed by atoms with E-state index in [1.165, 1.54) is 0 Å². The number of carbonyl (C=O) groups excluding carboxylic acids is 1. The van der Waals surface area contributed by atoms with Crippen LogP contribution in [0.25, 0.3) is 0 Å². The molecule has 3 heterocycles. The molecule has 1 aliphatic rings. The molecule has 2 aromatic heterocycles. The summed E-state index contributed by atoms with van der Waals surface area (Å²) >= 11 is 0. The van der Waals surface area contributed by atoms with Gasteiger partial charge in [0.15, 0.2) is 0 Å². The van der Waals surface area contributed by atoms with Gasteiger partial charge in [0.25, 0.3) is 0 Å². The predicted octanol–water partition coefficient (Wildman–Crippen LogP) is 1.38. The van der Waals surface area contributed by atoms with Crippen LogP contribution in [0.3, 0.4) is 0 Å². The lowest BCUT2D eigenvalue weighted by Gasteiger charge is -2.35. The van der Waals surface area contributed by atoms with Crippen molar-refractivity contribution in [1.29, 1.82) is 5.26 Å². The van der Waals surface area contributed by atoms with Crippen molar-refractivity contribution in [2.45, 2.75) is 6.54 Å². The zero-order chi connectivity index (χ0) is 16.8. The molecule has 0 radical (unpaired) electrons. The fourth-order valence-electron chi connectivity index (χ4n) is 2.58. The number of nitriles is 1. The first kappa shape index (κ1) is 15.7. The molecule has 24 heavy (non-hydrogen) atoms. The molecular weight excluding hydrogens is 304 g/mol. The monoisotopic (exact) mass is 322 g/mol.